The van der Waals surface area contributed by atoms with E-state index in [0.717, 1.165) is 38.8 Å². The van der Waals surface area contributed by atoms with Crippen molar-refractivity contribution in [3.05, 3.63) is 0 Å². The van der Waals surface area contributed by atoms with Gasteiger partial charge in [-0.15, -0.1) is 0 Å². The van der Waals surface area contributed by atoms with E-state index in [1.165, 1.54) is 12.8 Å². The topological polar surface area (TPSA) is 20.3 Å². The molecular weight excluding hydrogens is 174 g/mol. The lowest BCUT2D eigenvalue weighted by Gasteiger charge is -2.32. The van der Waals surface area contributed by atoms with E-state index in [-0.39, 0.29) is 0 Å². The molecule has 2 heteroatoms. The second-order valence-electron chi connectivity index (χ2n) is 4.31. The molecule has 1 fully saturated rings. The van der Waals surface area contributed by atoms with E-state index in [9.17, 15) is 4.79 Å². The molecule has 1 saturated heterocycles. The zero-order valence-corrected chi connectivity index (χ0v) is 9.59. The van der Waals surface area contributed by atoms with Gasteiger partial charge >= 0.3 is 0 Å². The van der Waals surface area contributed by atoms with Crippen LogP contribution >= 0.6 is 0 Å². The van der Waals surface area contributed by atoms with Crippen LogP contribution in [0.4, 0.5) is 0 Å². The maximum atomic E-state index is 11.9. The second kappa shape index (κ2) is 6.05. The molecule has 0 N–H and O–H groups in total. The van der Waals surface area contributed by atoms with Crippen molar-refractivity contribution >= 4 is 5.91 Å². The first-order valence-corrected chi connectivity index (χ1v) is 6.08. The average molecular weight is 197 g/mol. The third-order valence-electron chi connectivity index (χ3n) is 3.06. The van der Waals surface area contributed by atoms with Crippen LogP contribution < -0.4 is 0 Å². The average Bonchev–Trinajstić information content (AvgIpc) is 2.20. The summed E-state index contributed by atoms with van der Waals surface area (Å²) in [6.07, 6.45) is 6.89. The predicted molar refractivity (Wildman–Crippen MR) is 59.1 cm³/mol. The number of likely N-dealkylation sites (tertiary alicyclic amines) is 1. The zero-order chi connectivity index (χ0) is 10.4. The first-order valence-electron chi connectivity index (χ1n) is 6.08. The minimum Gasteiger partial charge on any atom is -0.342 e. The van der Waals surface area contributed by atoms with Gasteiger partial charge in [0, 0.05) is 19.0 Å². The van der Waals surface area contributed by atoms with Gasteiger partial charge in [0.05, 0.1) is 0 Å². The molecule has 1 unspecified atom stereocenters. The number of nitrogens with zero attached hydrogens (tertiary/aromatic N) is 1. The van der Waals surface area contributed by atoms with Gasteiger partial charge in [0.25, 0.3) is 0 Å². The van der Waals surface area contributed by atoms with Crippen LogP contribution in [0, 0.1) is 5.92 Å². The number of carbonyl (C=O) groups excluding carboxylic acids is 1. The van der Waals surface area contributed by atoms with Crippen LogP contribution in [0.5, 0.6) is 0 Å². The number of hydrogen-bond acceptors (Lipinski definition) is 1. The molecule has 0 bridgehead atoms. The minimum atomic E-state index is 0.339. The highest BCUT2D eigenvalue weighted by molar-refractivity contribution is 5.79. The van der Waals surface area contributed by atoms with Crippen molar-refractivity contribution in [2.75, 3.05) is 13.1 Å². The molecule has 0 radical (unpaired) electrons. The Morgan fingerprint density at radius 3 is 2.79 bits per heavy atom. The van der Waals surface area contributed by atoms with E-state index in [2.05, 4.69) is 18.7 Å². The minimum absolute atomic E-state index is 0.339. The first-order chi connectivity index (χ1) is 6.79. The summed E-state index contributed by atoms with van der Waals surface area (Å²) in [7, 11) is 0. The Kier molecular flexibility index (Phi) is 4.99. The fourth-order valence-electron chi connectivity index (χ4n) is 2.21. The highest BCUT2D eigenvalue weighted by Crippen LogP contribution is 2.22. The van der Waals surface area contributed by atoms with E-state index >= 15 is 0 Å². The van der Waals surface area contributed by atoms with Crippen molar-refractivity contribution in [2.24, 2.45) is 5.92 Å². The summed E-state index contributed by atoms with van der Waals surface area (Å²) >= 11 is 0. The van der Waals surface area contributed by atoms with Gasteiger partial charge in [0.1, 0.15) is 0 Å². The maximum Gasteiger partial charge on any atom is 0.225 e. The number of rotatable bonds is 5. The molecule has 1 aliphatic heterocycles. The predicted octanol–water partition coefficient (Wildman–Crippen LogP) is 2.83. The summed E-state index contributed by atoms with van der Waals surface area (Å²) in [4.78, 5) is 14.0. The molecule has 2 nitrogen and oxygen atoms in total. The first kappa shape index (κ1) is 11.5. The number of amides is 1. The molecule has 0 spiro atoms. The molecule has 1 rings (SSSR count). The van der Waals surface area contributed by atoms with Gasteiger partial charge in [-0.25, -0.2) is 0 Å². The summed E-state index contributed by atoms with van der Waals surface area (Å²) in [5.41, 5.74) is 0. The Hall–Kier alpha value is -0.530. The van der Waals surface area contributed by atoms with Gasteiger partial charge < -0.3 is 4.90 Å². The Bertz CT molecular complexity index is 177. The number of piperidine rings is 1. The number of unbranched alkanes of at least 4 members (excludes halogenated alkanes) is 1. The molecule has 1 aliphatic rings. The number of hydrogen-bond donors (Lipinski definition) is 0. The molecule has 14 heavy (non-hydrogen) atoms. The Balaban J connectivity index is 2.40. The van der Waals surface area contributed by atoms with E-state index in [1.807, 2.05) is 0 Å². The largest absolute Gasteiger partial charge is 0.342 e. The molecule has 1 heterocycles. The van der Waals surface area contributed by atoms with E-state index < -0.39 is 0 Å². The van der Waals surface area contributed by atoms with Crippen molar-refractivity contribution in [1.29, 1.82) is 0 Å². The fraction of sp³-hybridized carbons (Fsp3) is 0.917. The standard InChI is InChI=1S/C12H23NO/c1-3-5-9-13-10-6-8-11(7-4-2)12(13)14/h11H,3-10H2,1-2H3. The monoisotopic (exact) mass is 197 g/mol. The quantitative estimate of drug-likeness (QED) is 0.663. The summed E-state index contributed by atoms with van der Waals surface area (Å²) in [6, 6.07) is 0. The number of carbonyl (C=O) groups is 1. The zero-order valence-electron chi connectivity index (χ0n) is 9.59. The molecule has 0 aliphatic carbocycles. The smallest absolute Gasteiger partial charge is 0.225 e. The summed E-state index contributed by atoms with van der Waals surface area (Å²) < 4.78 is 0. The van der Waals surface area contributed by atoms with Crippen molar-refractivity contribution in [1.82, 2.24) is 4.90 Å². The van der Waals surface area contributed by atoms with Gasteiger partial charge in [-0.05, 0) is 25.7 Å². The second-order valence-corrected chi connectivity index (χ2v) is 4.31. The van der Waals surface area contributed by atoms with Crippen LogP contribution in [-0.4, -0.2) is 23.9 Å². The third kappa shape index (κ3) is 3.00. The fourth-order valence-corrected chi connectivity index (χ4v) is 2.21. The van der Waals surface area contributed by atoms with Crippen molar-refractivity contribution in [3.8, 4) is 0 Å². The third-order valence-corrected chi connectivity index (χ3v) is 3.06. The maximum absolute atomic E-state index is 11.9. The SMILES string of the molecule is CCCCN1CCCC(CCC)C1=O. The Morgan fingerprint density at radius 1 is 1.36 bits per heavy atom. The molecule has 1 atom stereocenters. The molecule has 0 aromatic rings. The molecule has 0 aromatic carbocycles. The summed E-state index contributed by atoms with van der Waals surface area (Å²) in [6.45, 7) is 6.32. The Morgan fingerprint density at radius 2 is 2.14 bits per heavy atom. The van der Waals surface area contributed by atoms with E-state index in [0.29, 0.717) is 11.8 Å². The highest BCUT2D eigenvalue weighted by atomic mass is 16.2. The van der Waals surface area contributed by atoms with Crippen molar-refractivity contribution in [3.63, 3.8) is 0 Å². The molecule has 82 valence electrons. The normalized spacial score (nSPS) is 22.9. The van der Waals surface area contributed by atoms with Crippen LogP contribution in [0.1, 0.15) is 52.4 Å². The van der Waals surface area contributed by atoms with Gasteiger partial charge in [0.15, 0.2) is 0 Å². The van der Waals surface area contributed by atoms with Crippen LogP contribution in [0.3, 0.4) is 0 Å². The molecule has 1 amide bonds. The van der Waals surface area contributed by atoms with E-state index in [4.69, 9.17) is 0 Å². The summed E-state index contributed by atoms with van der Waals surface area (Å²) in [5, 5.41) is 0. The molecule has 0 aromatic heterocycles. The molecule has 0 saturated carbocycles. The van der Waals surface area contributed by atoms with Gasteiger partial charge in [-0.3, -0.25) is 4.79 Å². The highest BCUT2D eigenvalue weighted by Gasteiger charge is 2.26. The lowest BCUT2D eigenvalue weighted by molar-refractivity contribution is -0.138. The van der Waals surface area contributed by atoms with Gasteiger partial charge in [-0.2, -0.15) is 0 Å². The van der Waals surface area contributed by atoms with Crippen molar-refractivity contribution < 1.29 is 4.79 Å². The van der Waals surface area contributed by atoms with Crippen molar-refractivity contribution in [2.45, 2.75) is 52.4 Å². The Labute approximate surface area is 87.7 Å². The lowest BCUT2D eigenvalue weighted by atomic mass is 9.92. The van der Waals surface area contributed by atoms with Crippen LogP contribution in [0.15, 0.2) is 0 Å². The van der Waals surface area contributed by atoms with Crippen LogP contribution in [-0.2, 0) is 4.79 Å². The molecular formula is C12H23NO. The van der Waals surface area contributed by atoms with Gasteiger partial charge in [-0.1, -0.05) is 26.7 Å². The summed E-state index contributed by atoms with van der Waals surface area (Å²) in [5.74, 6) is 0.761. The van der Waals surface area contributed by atoms with Gasteiger partial charge in [0.2, 0.25) is 5.91 Å². The van der Waals surface area contributed by atoms with Crippen LogP contribution in [0.25, 0.3) is 0 Å². The van der Waals surface area contributed by atoms with Crippen LogP contribution in [0.2, 0.25) is 0 Å². The van der Waals surface area contributed by atoms with E-state index in [1.54, 1.807) is 0 Å². The lowest BCUT2D eigenvalue weighted by Crippen LogP contribution is -2.41.